The van der Waals surface area contributed by atoms with Crippen LogP contribution in [-0.4, -0.2) is 34.2 Å². The predicted molar refractivity (Wildman–Crippen MR) is 100 cm³/mol. The first-order valence-corrected chi connectivity index (χ1v) is 8.69. The number of aryl methyl sites for hydroxylation is 1. The summed E-state index contributed by atoms with van der Waals surface area (Å²) in [6.45, 7) is 2.65. The van der Waals surface area contributed by atoms with Crippen LogP contribution in [0, 0.1) is 6.92 Å². The number of H-pyrrole nitrogens is 1. The third-order valence-electron chi connectivity index (χ3n) is 4.68. The molecular formula is C20H20N4O2. The van der Waals surface area contributed by atoms with Crippen LogP contribution in [-0.2, 0) is 16.1 Å². The van der Waals surface area contributed by atoms with Gasteiger partial charge in [-0.05, 0) is 36.6 Å². The van der Waals surface area contributed by atoms with E-state index in [1.165, 1.54) is 16.5 Å². The summed E-state index contributed by atoms with van der Waals surface area (Å²) in [7, 11) is 0. The molecule has 0 fully saturated rings. The van der Waals surface area contributed by atoms with Gasteiger partial charge in [0.15, 0.2) is 0 Å². The van der Waals surface area contributed by atoms with Crippen molar-refractivity contribution >= 4 is 22.5 Å². The molecule has 1 unspecified atom stereocenters. The number of carbonyl (C=O) groups excluding carboxylic acids is 1. The van der Waals surface area contributed by atoms with Crippen LogP contribution in [0.25, 0.3) is 10.9 Å². The highest BCUT2D eigenvalue weighted by Crippen LogP contribution is 2.21. The lowest BCUT2D eigenvalue weighted by atomic mass is 10.1. The van der Waals surface area contributed by atoms with E-state index in [0.717, 1.165) is 23.2 Å². The van der Waals surface area contributed by atoms with E-state index in [1.54, 1.807) is 12.4 Å². The van der Waals surface area contributed by atoms with Crippen LogP contribution in [0.5, 0.6) is 0 Å². The van der Waals surface area contributed by atoms with Gasteiger partial charge >= 0.3 is 0 Å². The number of carbonyl (C=O) groups is 1. The van der Waals surface area contributed by atoms with E-state index >= 15 is 0 Å². The minimum absolute atomic E-state index is 0.131. The van der Waals surface area contributed by atoms with Crippen molar-refractivity contribution in [1.82, 2.24) is 15.3 Å². The van der Waals surface area contributed by atoms with Gasteiger partial charge in [-0.3, -0.25) is 9.78 Å². The Bertz CT molecular complexity index is 962. The molecule has 132 valence electrons. The first-order chi connectivity index (χ1) is 12.7. The van der Waals surface area contributed by atoms with E-state index in [-0.39, 0.29) is 5.91 Å². The lowest BCUT2D eigenvalue weighted by molar-refractivity contribution is -0.131. The minimum Gasteiger partial charge on any atom is -0.382 e. The van der Waals surface area contributed by atoms with Gasteiger partial charge in [-0.1, -0.05) is 23.4 Å². The Balaban J connectivity index is 1.31. The number of amides is 1. The van der Waals surface area contributed by atoms with Gasteiger partial charge in [-0.2, -0.15) is 0 Å². The molecule has 26 heavy (non-hydrogen) atoms. The molecule has 0 saturated heterocycles. The number of nitrogens with one attached hydrogen (secondary N) is 2. The maximum Gasteiger partial charge on any atom is 0.264 e. The molecule has 1 amide bonds. The fraction of sp³-hybridized carbons (Fsp3) is 0.250. The zero-order valence-corrected chi connectivity index (χ0v) is 14.5. The second-order valence-electron chi connectivity index (χ2n) is 6.42. The number of rotatable bonds is 5. The molecule has 0 radical (unpaired) electrons. The van der Waals surface area contributed by atoms with E-state index in [2.05, 4.69) is 45.6 Å². The van der Waals surface area contributed by atoms with E-state index < -0.39 is 6.10 Å². The number of oxime groups is 1. The van der Waals surface area contributed by atoms with E-state index in [4.69, 9.17) is 4.84 Å². The molecule has 0 spiro atoms. The first-order valence-electron chi connectivity index (χ1n) is 8.69. The van der Waals surface area contributed by atoms with Gasteiger partial charge < -0.3 is 15.1 Å². The lowest BCUT2D eigenvalue weighted by Crippen LogP contribution is -2.35. The van der Waals surface area contributed by atoms with Crippen molar-refractivity contribution in [3.8, 4) is 0 Å². The van der Waals surface area contributed by atoms with Crippen molar-refractivity contribution in [2.24, 2.45) is 5.16 Å². The average Bonchev–Trinajstić information content (AvgIpc) is 3.31. The zero-order chi connectivity index (χ0) is 17.9. The topological polar surface area (TPSA) is 79.4 Å². The minimum atomic E-state index is -0.566. The number of fused-ring (bicyclic) bond motifs is 1. The molecule has 0 saturated carbocycles. The summed E-state index contributed by atoms with van der Waals surface area (Å²) in [6.07, 6.45) is 6.09. The number of para-hydroxylation sites is 1. The normalized spacial score (nSPS) is 16.3. The van der Waals surface area contributed by atoms with Gasteiger partial charge in [0.2, 0.25) is 6.10 Å². The maximum atomic E-state index is 12.3. The van der Waals surface area contributed by atoms with E-state index in [9.17, 15) is 4.79 Å². The third-order valence-corrected chi connectivity index (χ3v) is 4.68. The fourth-order valence-corrected chi connectivity index (χ4v) is 3.24. The Labute approximate surface area is 151 Å². The summed E-state index contributed by atoms with van der Waals surface area (Å²) in [5.41, 5.74) is 5.29. The molecule has 1 aromatic carbocycles. The van der Waals surface area contributed by atoms with Gasteiger partial charge in [-0.15, -0.1) is 0 Å². The summed E-state index contributed by atoms with van der Waals surface area (Å²) >= 11 is 0. The standard InChI is InChI=1S/C20H20N4O2/c1-13-3-2-4-16-15(12-23-19(13)16)7-10-22-20(25)18-11-17(24-26-18)14-5-8-21-9-6-14/h2-6,8-9,12,18,23H,7,10-11H2,1H3,(H,22,25). The van der Waals surface area contributed by atoms with Crippen molar-refractivity contribution in [3.63, 3.8) is 0 Å². The van der Waals surface area contributed by atoms with Crippen molar-refractivity contribution in [1.29, 1.82) is 0 Å². The SMILES string of the molecule is Cc1cccc2c(CCNC(=O)C3CC(c4ccncc4)=NO3)c[nH]c12. The largest absolute Gasteiger partial charge is 0.382 e. The Morgan fingerprint density at radius 3 is 3.00 bits per heavy atom. The molecule has 2 aromatic heterocycles. The third kappa shape index (κ3) is 3.18. The number of nitrogens with zero attached hydrogens (tertiary/aromatic N) is 2. The summed E-state index contributed by atoms with van der Waals surface area (Å²) in [6, 6.07) is 9.97. The highest BCUT2D eigenvalue weighted by molar-refractivity contribution is 6.03. The van der Waals surface area contributed by atoms with Crippen molar-refractivity contribution < 1.29 is 9.63 Å². The fourth-order valence-electron chi connectivity index (χ4n) is 3.24. The lowest BCUT2D eigenvalue weighted by Gasteiger charge is -2.09. The van der Waals surface area contributed by atoms with Crippen molar-refractivity contribution in [2.75, 3.05) is 6.54 Å². The first kappa shape index (κ1) is 16.3. The van der Waals surface area contributed by atoms with Crippen LogP contribution in [0.3, 0.4) is 0 Å². The van der Waals surface area contributed by atoms with Gasteiger partial charge in [0.05, 0.1) is 5.71 Å². The van der Waals surface area contributed by atoms with Crippen molar-refractivity contribution in [2.45, 2.75) is 25.9 Å². The second-order valence-corrected chi connectivity index (χ2v) is 6.42. The Morgan fingerprint density at radius 1 is 1.31 bits per heavy atom. The number of aromatic amines is 1. The predicted octanol–water partition coefficient (Wildman–Crippen LogP) is 2.72. The number of pyridine rings is 1. The molecular weight excluding hydrogens is 328 g/mol. The van der Waals surface area contributed by atoms with Gasteiger partial charge in [0.1, 0.15) is 0 Å². The Hall–Kier alpha value is -3.15. The zero-order valence-electron chi connectivity index (χ0n) is 14.5. The summed E-state index contributed by atoms with van der Waals surface area (Å²) < 4.78 is 0. The summed E-state index contributed by atoms with van der Waals surface area (Å²) in [5, 5.41) is 8.20. The number of aromatic nitrogens is 2. The molecule has 3 aromatic rings. The number of hydrogen-bond donors (Lipinski definition) is 2. The maximum absolute atomic E-state index is 12.3. The molecule has 1 atom stereocenters. The average molecular weight is 348 g/mol. The number of benzene rings is 1. The highest BCUT2D eigenvalue weighted by atomic mass is 16.6. The number of hydrogen-bond acceptors (Lipinski definition) is 4. The van der Waals surface area contributed by atoms with Crippen molar-refractivity contribution in [3.05, 3.63) is 65.6 Å². The molecule has 1 aliphatic heterocycles. The van der Waals surface area contributed by atoms with Crippen LogP contribution in [0.15, 0.2) is 54.1 Å². The Kier molecular flexibility index (Phi) is 4.39. The van der Waals surface area contributed by atoms with Crippen LogP contribution >= 0.6 is 0 Å². The van der Waals surface area contributed by atoms with Crippen LogP contribution in [0.1, 0.15) is 23.1 Å². The van der Waals surface area contributed by atoms with Gasteiger partial charge in [0.25, 0.3) is 5.91 Å². The van der Waals surface area contributed by atoms with E-state index in [0.29, 0.717) is 13.0 Å². The van der Waals surface area contributed by atoms with Crippen LogP contribution in [0.2, 0.25) is 0 Å². The Morgan fingerprint density at radius 2 is 2.15 bits per heavy atom. The molecule has 0 bridgehead atoms. The smallest absolute Gasteiger partial charge is 0.264 e. The monoisotopic (exact) mass is 348 g/mol. The molecule has 4 rings (SSSR count). The molecule has 3 heterocycles. The molecule has 0 aliphatic carbocycles. The quantitative estimate of drug-likeness (QED) is 0.744. The van der Waals surface area contributed by atoms with Gasteiger partial charge in [-0.25, -0.2) is 0 Å². The molecule has 6 nitrogen and oxygen atoms in total. The summed E-state index contributed by atoms with van der Waals surface area (Å²) in [4.78, 5) is 24.9. The summed E-state index contributed by atoms with van der Waals surface area (Å²) in [5.74, 6) is -0.131. The van der Waals surface area contributed by atoms with E-state index in [1.807, 2.05) is 18.3 Å². The molecule has 1 aliphatic rings. The second kappa shape index (κ2) is 7.00. The van der Waals surface area contributed by atoms with Crippen LogP contribution < -0.4 is 5.32 Å². The molecule has 6 heteroatoms. The highest BCUT2D eigenvalue weighted by Gasteiger charge is 2.28. The van der Waals surface area contributed by atoms with Crippen LogP contribution in [0.4, 0.5) is 0 Å². The van der Waals surface area contributed by atoms with Gasteiger partial charge in [0, 0.05) is 48.0 Å². The molecule has 2 N–H and O–H groups in total.